The molecule has 0 fully saturated rings. The molecule has 5 nitrogen and oxygen atoms in total. The summed E-state index contributed by atoms with van der Waals surface area (Å²) in [5.74, 6) is 1.65. The molecule has 9 heteroatoms. The molecule has 0 unspecified atom stereocenters. The van der Waals surface area contributed by atoms with Crippen molar-refractivity contribution in [3.8, 4) is 0 Å². The van der Waals surface area contributed by atoms with Gasteiger partial charge in [-0.2, -0.15) is 0 Å². The number of hydrogen-bond acceptors (Lipinski definition) is 5. The van der Waals surface area contributed by atoms with Crippen LogP contribution in [-0.4, -0.2) is 7.32 Å². The van der Waals surface area contributed by atoms with Gasteiger partial charge >= 0.3 is 56.6 Å². The predicted octanol–water partition coefficient (Wildman–Crippen LogP) is -11.7. The summed E-state index contributed by atoms with van der Waals surface area (Å²) in [6, 6.07) is 0. The van der Waals surface area contributed by atoms with E-state index in [4.69, 9.17) is 24.5 Å². The Labute approximate surface area is 124 Å². The van der Waals surface area contributed by atoms with E-state index in [1.807, 2.05) is 12.2 Å². The van der Waals surface area contributed by atoms with Gasteiger partial charge in [0, 0.05) is 12.2 Å². The minimum Gasteiger partial charge on any atom is -0.907 e. The summed E-state index contributed by atoms with van der Waals surface area (Å²) in [6.07, 6.45) is 6.97. The van der Waals surface area contributed by atoms with Crippen LogP contribution in [0.1, 0.15) is 0 Å². The molecule has 0 saturated carbocycles. The van der Waals surface area contributed by atoms with Gasteiger partial charge in [0.05, 0.1) is 12.5 Å². The van der Waals surface area contributed by atoms with Gasteiger partial charge in [-0.25, -0.2) is 0 Å². The van der Waals surface area contributed by atoms with Crippen molar-refractivity contribution in [3.63, 3.8) is 0 Å². The van der Waals surface area contributed by atoms with E-state index in [1.54, 1.807) is 12.5 Å². The number of allylic oxidation sites excluding steroid dienone is 2. The fourth-order valence-electron chi connectivity index (χ4n) is 0.553. The molecule has 0 aromatic rings. The second kappa shape index (κ2) is 11.1. The molecule has 2 heterocycles. The minimum absolute atomic E-state index is 0. The van der Waals surface area contributed by atoms with Crippen LogP contribution in [0.2, 0.25) is 0 Å². The van der Waals surface area contributed by atoms with E-state index in [0.29, 0.717) is 0 Å². The molecular weight excluding hydrogens is 184 g/mol. The molecule has 0 spiro atoms. The summed E-state index contributed by atoms with van der Waals surface area (Å²) in [4.78, 5) is 0. The Morgan fingerprint density at radius 1 is 0.800 bits per heavy atom. The molecule has 15 heavy (non-hydrogen) atoms. The molecule has 2 rings (SSSR count). The number of hydrogen-bond donors (Lipinski definition) is 0. The smallest absolute Gasteiger partial charge is 0.907 e. The van der Waals surface area contributed by atoms with Crippen molar-refractivity contribution in [2.75, 3.05) is 0 Å². The molecule has 0 bridgehead atoms. The first-order valence-corrected chi connectivity index (χ1v) is 3.08. The Kier molecular flexibility index (Phi) is 15.4. The molecule has 64 valence electrons. The third-order valence-corrected chi connectivity index (χ3v) is 1.07. The van der Waals surface area contributed by atoms with Crippen molar-refractivity contribution in [2.24, 2.45) is 0 Å². The summed E-state index contributed by atoms with van der Waals surface area (Å²) in [6.45, 7) is 0. The van der Waals surface area contributed by atoms with E-state index in [1.165, 1.54) is 0 Å². The molecular formula is C6H4BLi3O5. The Morgan fingerprint density at radius 2 is 1.00 bits per heavy atom. The Hall–Kier alpha value is 0.557. The Bertz CT molecular complexity index is 228. The van der Waals surface area contributed by atoms with Gasteiger partial charge in [0.15, 0.2) is 11.5 Å². The molecule has 2 aliphatic rings. The van der Waals surface area contributed by atoms with Gasteiger partial charge in [0.1, 0.15) is 0 Å². The molecule has 0 radical (unpaired) electrons. The molecule has 0 aromatic heterocycles. The van der Waals surface area contributed by atoms with Crippen LogP contribution in [0, 0.1) is 0 Å². The molecule has 0 aromatic carbocycles. The zero-order chi connectivity index (χ0) is 8.97. The van der Waals surface area contributed by atoms with Crippen molar-refractivity contribution in [1.82, 2.24) is 0 Å². The molecule has 0 amide bonds. The van der Waals surface area contributed by atoms with E-state index in [9.17, 15) is 0 Å². The maximum absolute atomic E-state index is 8.42. The van der Waals surface area contributed by atoms with Crippen LogP contribution in [0.5, 0.6) is 0 Å². The van der Waals surface area contributed by atoms with Gasteiger partial charge < -0.3 is 24.5 Å². The molecule has 2 aliphatic heterocycles. The van der Waals surface area contributed by atoms with Crippen molar-refractivity contribution < 1.29 is 81.1 Å². The van der Waals surface area contributed by atoms with Gasteiger partial charge in [-0.1, -0.05) is 0 Å². The monoisotopic (exact) mass is 188 g/mol. The van der Waals surface area contributed by atoms with E-state index in [0.717, 1.165) is 11.5 Å². The SMILES string of the molecule is C1=CC(=C2C=CO2)O1.[Li+].[Li+].[Li+].[O-]B([O-])[O-]. The molecule has 0 aliphatic carbocycles. The predicted molar refractivity (Wildman–Crippen MR) is 33.2 cm³/mol. The zero-order valence-corrected chi connectivity index (χ0v) is 8.93. The summed E-state index contributed by atoms with van der Waals surface area (Å²) in [7, 11) is -2.92. The minimum atomic E-state index is -2.92. The third kappa shape index (κ3) is 8.37. The van der Waals surface area contributed by atoms with Crippen molar-refractivity contribution in [3.05, 3.63) is 36.2 Å². The fourth-order valence-corrected chi connectivity index (χ4v) is 0.553. The van der Waals surface area contributed by atoms with Crippen molar-refractivity contribution in [1.29, 1.82) is 0 Å². The Balaban J connectivity index is -0.000000187. The number of ether oxygens (including phenoxy) is 2. The second-order valence-corrected chi connectivity index (χ2v) is 1.86. The van der Waals surface area contributed by atoms with E-state index >= 15 is 0 Å². The summed E-state index contributed by atoms with van der Waals surface area (Å²) in [5, 5.41) is 25.2. The van der Waals surface area contributed by atoms with Crippen LogP contribution in [0.15, 0.2) is 36.2 Å². The van der Waals surface area contributed by atoms with Gasteiger partial charge in [-0.05, 0) is 0 Å². The second-order valence-electron chi connectivity index (χ2n) is 1.86. The van der Waals surface area contributed by atoms with Crippen LogP contribution < -0.4 is 71.7 Å². The zero-order valence-electron chi connectivity index (χ0n) is 8.93. The maximum atomic E-state index is 8.42. The van der Waals surface area contributed by atoms with Crippen LogP contribution >= 0.6 is 0 Å². The van der Waals surface area contributed by atoms with Crippen LogP contribution in [0.25, 0.3) is 0 Å². The van der Waals surface area contributed by atoms with Gasteiger partial charge in [0.25, 0.3) is 0 Å². The normalized spacial score (nSPS) is 17.8. The largest absolute Gasteiger partial charge is 1.00 e. The first-order chi connectivity index (χ1) is 5.70. The molecule has 0 atom stereocenters. The van der Waals surface area contributed by atoms with Crippen LogP contribution in [-0.2, 0) is 9.47 Å². The average molecular weight is 188 g/mol. The standard InChI is InChI=1S/C6H4O2.BO3.3Li/c1-3-7-5(1)6-2-4-8-6;2-1(3)4;;;/h1-4H;;;;/q;-3;3*+1. The van der Waals surface area contributed by atoms with Crippen molar-refractivity contribution in [2.45, 2.75) is 0 Å². The maximum Gasteiger partial charge on any atom is 1.00 e. The first-order valence-electron chi connectivity index (χ1n) is 3.08. The number of rotatable bonds is 0. The topological polar surface area (TPSA) is 87.6 Å². The van der Waals surface area contributed by atoms with E-state index in [-0.39, 0.29) is 56.6 Å². The van der Waals surface area contributed by atoms with Crippen molar-refractivity contribution >= 4 is 7.32 Å². The van der Waals surface area contributed by atoms with Crippen LogP contribution in [0.3, 0.4) is 0 Å². The Morgan fingerprint density at radius 3 is 1.07 bits per heavy atom. The third-order valence-electron chi connectivity index (χ3n) is 1.07. The summed E-state index contributed by atoms with van der Waals surface area (Å²) in [5.41, 5.74) is 0. The van der Waals surface area contributed by atoms with Crippen LogP contribution in [0.4, 0.5) is 0 Å². The van der Waals surface area contributed by atoms with E-state index < -0.39 is 7.32 Å². The van der Waals surface area contributed by atoms with Gasteiger partial charge in [0.2, 0.25) is 0 Å². The van der Waals surface area contributed by atoms with E-state index in [2.05, 4.69) is 0 Å². The summed E-state index contributed by atoms with van der Waals surface area (Å²) >= 11 is 0. The summed E-state index contributed by atoms with van der Waals surface area (Å²) < 4.78 is 9.71. The fraction of sp³-hybridized carbons (Fsp3) is 0. The quantitative estimate of drug-likeness (QED) is 0.352. The average Bonchev–Trinajstić information content (AvgIpc) is 1.71. The first kappa shape index (κ1) is 20.9. The molecule has 0 N–H and O–H groups in total. The molecule has 0 saturated heterocycles. The van der Waals surface area contributed by atoms with Gasteiger partial charge in [-0.15, -0.1) is 0 Å². The van der Waals surface area contributed by atoms with Gasteiger partial charge in [-0.3, -0.25) is 7.32 Å².